The van der Waals surface area contributed by atoms with Crippen LogP contribution in [0.15, 0.2) is 84.9 Å². The molecule has 3 rings (SSSR count). The van der Waals surface area contributed by atoms with E-state index in [-0.39, 0.29) is 0 Å². The zero-order chi connectivity index (χ0) is 15.9. The van der Waals surface area contributed by atoms with Crippen LogP contribution in [0.1, 0.15) is 11.1 Å². The summed E-state index contributed by atoms with van der Waals surface area (Å²) in [5, 5.41) is 2.67. The predicted molar refractivity (Wildman–Crippen MR) is 100 cm³/mol. The molecule has 23 heavy (non-hydrogen) atoms. The van der Waals surface area contributed by atoms with Gasteiger partial charge in [-0.25, -0.2) is 0 Å². The van der Waals surface area contributed by atoms with Gasteiger partial charge in [-0.1, -0.05) is 84.9 Å². The van der Waals surface area contributed by atoms with Gasteiger partial charge in [-0.3, -0.25) is 0 Å². The second-order valence-electron chi connectivity index (χ2n) is 5.75. The van der Waals surface area contributed by atoms with E-state index in [1.807, 2.05) is 0 Å². The van der Waals surface area contributed by atoms with E-state index in [4.69, 9.17) is 4.43 Å². The van der Waals surface area contributed by atoms with E-state index in [1.165, 1.54) is 21.5 Å². The highest BCUT2D eigenvalue weighted by Crippen LogP contribution is 2.08. The molecule has 3 aromatic carbocycles. The van der Waals surface area contributed by atoms with Gasteiger partial charge in [0.2, 0.25) is 9.04 Å². The quantitative estimate of drug-likeness (QED) is 0.635. The third-order valence-corrected chi connectivity index (χ3v) is 6.67. The second-order valence-corrected chi connectivity index (χ2v) is 8.18. The Labute approximate surface area is 140 Å². The van der Waals surface area contributed by atoms with Gasteiger partial charge in [-0.2, -0.15) is 0 Å². The van der Waals surface area contributed by atoms with Crippen LogP contribution in [0.2, 0.25) is 0 Å². The molecule has 0 saturated heterocycles. The van der Waals surface area contributed by atoms with E-state index >= 15 is 0 Å². The lowest BCUT2D eigenvalue weighted by Crippen LogP contribution is -2.45. The lowest BCUT2D eigenvalue weighted by atomic mass is 10.1. The fourth-order valence-electron chi connectivity index (χ4n) is 2.82. The van der Waals surface area contributed by atoms with Crippen molar-refractivity contribution in [2.24, 2.45) is 0 Å². The van der Waals surface area contributed by atoms with Crippen LogP contribution < -0.4 is 10.4 Å². The van der Waals surface area contributed by atoms with E-state index < -0.39 is 9.04 Å². The largest absolute Gasteiger partial charge is 0.411 e. The highest BCUT2D eigenvalue weighted by atomic mass is 28.3. The molecule has 0 spiro atoms. The van der Waals surface area contributed by atoms with Crippen molar-refractivity contribution in [2.45, 2.75) is 13.3 Å². The summed E-state index contributed by atoms with van der Waals surface area (Å²) in [5.41, 5.74) is 2.72. The van der Waals surface area contributed by atoms with Gasteiger partial charge >= 0.3 is 0 Å². The van der Waals surface area contributed by atoms with Gasteiger partial charge in [0, 0.05) is 6.61 Å². The zero-order valence-corrected chi connectivity index (χ0v) is 14.6. The van der Waals surface area contributed by atoms with Gasteiger partial charge in [0.05, 0.1) is 0 Å². The highest BCUT2D eigenvalue weighted by Gasteiger charge is 2.17. The van der Waals surface area contributed by atoms with Gasteiger partial charge < -0.3 is 4.43 Å². The zero-order valence-electron chi connectivity index (χ0n) is 13.5. The van der Waals surface area contributed by atoms with Gasteiger partial charge in [-0.05, 0) is 34.8 Å². The molecular weight excluding hydrogens is 296 g/mol. The van der Waals surface area contributed by atoms with Crippen LogP contribution in [0.4, 0.5) is 0 Å². The number of hydrogen-bond donors (Lipinski definition) is 0. The van der Waals surface area contributed by atoms with Crippen LogP contribution in [0.25, 0.3) is 0 Å². The Bertz CT molecular complexity index is 686. The van der Waals surface area contributed by atoms with Crippen molar-refractivity contribution in [3.63, 3.8) is 0 Å². The van der Waals surface area contributed by atoms with Crippen molar-refractivity contribution in [3.8, 4) is 0 Å². The third kappa shape index (κ3) is 4.18. The van der Waals surface area contributed by atoms with E-state index in [9.17, 15) is 0 Å². The first-order chi connectivity index (χ1) is 11.3. The van der Waals surface area contributed by atoms with Gasteiger partial charge in [0.15, 0.2) is 0 Å². The van der Waals surface area contributed by atoms with E-state index in [1.54, 1.807) is 0 Å². The van der Waals surface area contributed by atoms with Crippen LogP contribution in [-0.2, 0) is 10.8 Å². The molecule has 3 aromatic rings. The van der Waals surface area contributed by atoms with Gasteiger partial charge in [-0.15, -0.1) is 0 Å². The maximum absolute atomic E-state index is 6.41. The monoisotopic (exact) mass is 318 g/mol. The molecule has 0 radical (unpaired) electrons. The Kier molecular flexibility index (Phi) is 5.40. The third-order valence-electron chi connectivity index (χ3n) is 4.12. The fraction of sp³-hybridized carbons (Fsp3) is 0.143. The summed E-state index contributed by atoms with van der Waals surface area (Å²) in [7, 11) is -1.61. The molecular formula is C21H22OSi. The summed E-state index contributed by atoms with van der Waals surface area (Å²) in [6, 6.07) is 29.8. The summed E-state index contributed by atoms with van der Waals surface area (Å²) in [5.74, 6) is 0. The number of hydrogen-bond acceptors (Lipinski definition) is 1. The summed E-state index contributed by atoms with van der Waals surface area (Å²) in [4.78, 5) is 0. The molecule has 0 aromatic heterocycles. The summed E-state index contributed by atoms with van der Waals surface area (Å²) < 4.78 is 6.41. The molecule has 2 heteroatoms. The molecule has 0 heterocycles. The molecule has 116 valence electrons. The minimum absolute atomic E-state index is 0.769. The van der Waals surface area contributed by atoms with E-state index in [0.29, 0.717) is 0 Å². The molecule has 0 aliphatic carbocycles. The normalized spacial score (nSPS) is 10.9. The lowest BCUT2D eigenvalue weighted by molar-refractivity contribution is 0.337. The first-order valence-corrected chi connectivity index (χ1v) is 9.73. The highest BCUT2D eigenvalue weighted by molar-refractivity contribution is 6.80. The van der Waals surface area contributed by atoms with Gasteiger partial charge in [0.1, 0.15) is 0 Å². The number of aryl methyl sites for hydroxylation is 1. The van der Waals surface area contributed by atoms with Crippen LogP contribution in [0, 0.1) is 6.92 Å². The van der Waals surface area contributed by atoms with Crippen LogP contribution in [-0.4, -0.2) is 15.6 Å². The van der Waals surface area contributed by atoms with Crippen molar-refractivity contribution < 1.29 is 4.43 Å². The minimum atomic E-state index is -1.61. The Morgan fingerprint density at radius 3 is 1.78 bits per heavy atom. The smallest absolute Gasteiger partial charge is 0.239 e. The Hall–Kier alpha value is -2.16. The van der Waals surface area contributed by atoms with Crippen molar-refractivity contribution in [3.05, 3.63) is 96.1 Å². The van der Waals surface area contributed by atoms with Crippen molar-refractivity contribution in [1.29, 1.82) is 0 Å². The number of rotatable bonds is 6. The fourth-order valence-corrected chi connectivity index (χ4v) is 5.08. The van der Waals surface area contributed by atoms with Crippen LogP contribution in [0.3, 0.4) is 0 Å². The molecule has 0 N–H and O–H groups in total. The number of benzene rings is 3. The van der Waals surface area contributed by atoms with E-state index in [2.05, 4.69) is 91.9 Å². The SMILES string of the molecule is Cc1ccccc1CCO[SiH](c1ccccc1)c1ccccc1. The maximum atomic E-state index is 6.41. The Balaban J connectivity index is 1.74. The maximum Gasteiger partial charge on any atom is 0.239 e. The molecule has 0 unspecified atom stereocenters. The predicted octanol–water partition coefficient (Wildman–Crippen LogP) is 3.09. The topological polar surface area (TPSA) is 9.23 Å². The summed E-state index contributed by atoms with van der Waals surface area (Å²) in [6.07, 6.45) is 0.968. The molecule has 0 saturated carbocycles. The van der Waals surface area contributed by atoms with Gasteiger partial charge in [0.25, 0.3) is 0 Å². The standard InChI is InChI=1S/C21H22OSi/c1-18-10-8-9-11-19(18)16-17-22-23(20-12-4-2-5-13-20)21-14-6-3-7-15-21/h2-15,23H,16-17H2,1H3. The van der Waals surface area contributed by atoms with Crippen LogP contribution >= 0.6 is 0 Å². The Morgan fingerprint density at radius 1 is 0.696 bits per heavy atom. The van der Waals surface area contributed by atoms with Crippen LogP contribution in [0.5, 0.6) is 0 Å². The van der Waals surface area contributed by atoms with Crippen molar-refractivity contribution >= 4 is 19.4 Å². The van der Waals surface area contributed by atoms with E-state index in [0.717, 1.165) is 13.0 Å². The lowest BCUT2D eigenvalue weighted by Gasteiger charge is -2.17. The molecule has 0 bridgehead atoms. The Morgan fingerprint density at radius 2 is 1.22 bits per heavy atom. The molecule has 0 aliphatic heterocycles. The second kappa shape index (κ2) is 7.91. The minimum Gasteiger partial charge on any atom is -0.411 e. The summed E-state index contributed by atoms with van der Waals surface area (Å²) >= 11 is 0. The van der Waals surface area contributed by atoms with Crippen molar-refractivity contribution in [1.82, 2.24) is 0 Å². The van der Waals surface area contributed by atoms with Crippen molar-refractivity contribution in [2.75, 3.05) is 6.61 Å². The molecule has 0 atom stereocenters. The first-order valence-electron chi connectivity index (χ1n) is 8.10. The summed E-state index contributed by atoms with van der Waals surface area (Å²) in [6.45, 7) is 2.93. The molecule has 0 fully saturated rings. The molecule has 0 amide bonds. The average Bonchev–Trinajstić information content (AvgIpc) is 2.62. The molecule has 1 nitrogen and oxygen atoms in total. The molecule has 0 aliphatic rings. The average molecular weight is 318 g/mol. The first kappa shape index (κ1) is 15.7.